The van der Waals surface area contributed by atoms with E-state index < -0.39 is 0 Å². The predicted molar refractivity (Wildman–Crippen MR) is 69.8 cm³/mol. The summed E-state index contributed by atoms with van der Waals surface area (Å²) in [6.45, 7) is 5.07. The van der Waals surface area contributed by atoms with Crippen LogP contribution in [0.1, 0.15) is 36.2 Å². The highest BCUT2D eigenvalue weighted by Crippen LogP contribution is 2.24. The van der Waals surface area contributed by atoms with Gasteiger partial charge in [-0.3, -0.25) is 0 Å². The maximum Gasteiger partial charge on any atom is 0.0544 e. The summed E-state index contributed by atoms with van der Waals surface area (Å²) in [5, 5.41) is 14.6. The lowest BCUT2D eigenvalue weighted by Gasteiger charge is -2.23. The molecule has 1 heterocycles. The normalized spacial score (nSPS) is 15.0. The van der Waals surface area contributed by atoms with Crippen LogP contribution in [0, 0.1) is 6.92 Å². The molecular weight excluding hydrogens is 220 g/mol. The van der Waals surface area contributed by atoms with E-state index >= 15 is 0 Å². The Morgan fingerprint density at radius 1 is 1.56 bits per heavy atom. The first-order chi connectivity index (χ1) is 7.72. The minimum atomic E-state index is 0.219. The van der Waals surface area contributed by atoms with Gasteiger partial charge in [0.2, 0.25) is 0 Å². The molecule has 0 aromatic carbocycles. The van der Waals surface area contributed by atoms with Crippen molar-refractivity contribution in [2.75, 3.05) is 13.2 Å². The van der Waals surface area contributed by atoms with Gasteiger partial charge in [0, 0.05) is 24.1 Å². The highest BCUT2D eigenvalue weighted by Gasteiger charge is 2.16. The van der Waals surface area contributed by atoms with Gasteiger partial charge in [-0.15, -0.1) is 11.3 Å². The molecule has 92 valence electrons. The fourth-order valence-electron chi connectivity index (χ4n) is 1.84. The van der Waals surface area contributed by atoms with E-state index in [2.05, 4.69) is 30.6 Å². The minimum Gasteiger partial charge on any atom is -0.396 e. The molecule has 3 nitrogen and oxygen atoms in total. The number of rotatable bonds is 7. The summed E-state index contributed by atoms with van der Waals surface area (Å²) in [4.78, 5) is 1.32. The van der Waals surface area contributed by atoms with Gasteiger partial charge in [-0.05, 0) is 36.8 Å². The monoisotopic (exact) mass is 242 g/mol. The lowest BCUT2D eigenvalue weighted by Crippen LogP contribution is -2.36. The third-order valence-electron chi connectivity index (χ3n) is 2.86. The Morgan fingerprint density at radius 2 is 2.31 bits per heavy atom. The molecule has 1 aromatic rings. The molecule has 0 saturated carbocycles. The average Bonchev–Trinajstić information content (AvgIpc) is 2.71. The summed E-state index contributed by atoms with van der Waals surface area (Å²) in [6, 6.07) is 2.69. The molecule has 0 radical (unpaired) electrons. The highest BCUT2D eigenvalue weighted by molar-refractivity contribution is 7.10. The number of thiophene rings is 1. The smallest absolute Gasteiger partial charge is 0.0544 e. The number of aliphatic hydroxyl groups is 1. The second-order valence-corrected chi connectivity index (χ2v) is 4.99. The highest BCUT2D eigenvalue weighted by atomic mass is 32.1. The van der Waals surface area contributed by atoms with Gasteiger partial charge in [-0.25, -0.2) is 0 Å². The molecule has 0 bridgehead atoms. The van der Waals surface area contributed by atoms with Crippen molar-refractivity contribution in [3.05, 3.63) is 21.9 Å². The molecule has 0 amide bonds. The minimum absolute atomic E-state index is 0.219. The van der Waals surface area contributed by atoms with Crippen molar-refractivity contribution < 1.29 is 5.11 Å². The van der Waals surface area contributed by atoms with Crippen LogP contribution >= 0.6 is 11.3 Å². The largest absolute Gasteiger partial charge is 0.396 e. The van der Waals surface area contributed by atoms with Crippen LogP contribution in [0.25, 0.3) is 0 Å². The fourth-order valence-corrected chi connectivity index (χ4v) is 2.84. The van der Waals surface area contributed by atoms with Crippen LogP contribution in [0.3, 0.4) is 0 Å². The summed E-state index contributed by atoms with van der Waals surface area (Å²) in [5.41, 5.74) is 7.11. The molecule has 0 spiro atoms. The summed E-state index contributed by atoms with van der Waals surface area (Å²) < 4.78 is 0. The molecule has 16 heavy (non-hydrogen) atoms. The molecule has 2 atom stereocenters. The van der Waals surface area contributed by atoms with E-state index in [1.54, 1.807) is 11.3 Å². The van der Waals surface area contributed by atoms with E-state index in [0.717, 1.165) is 12.8 Å². The first-order valence-corrected chi connectivity index (χ1v) is 6.71. The van der Waals surface area contributed by atoms with E-state index in [9.17, 15) is 0 Å². The first kappa shape index (κ1) is 13.6. The molecule has 4 N–H and O–H groups in total. The van der Waals surface area contributed by atoms with Gasteiger partial charge in [-0.2, -0.15) is 0 Å². The van der Waals surface area contributed by atoms with Gasteiger partial charge in [0.05, 0.1) is 6.04 Å². The van der Waals surface area contributed by atoms with E-state index in [1.807, 2.05) is 0 Å². The molecule has 1 aromatic heterocycles. The predicted octanol–water partition coefficient (Wildman–Crippen LogP) is 1.81. The lowest BCUT2D eigenvalue weighted by atomic mass is 10.1. The van der Waals surface area contributed by atoms with Gasteiger partial charge in [0.1, 0.15) is 0 Å². The van der Waals surface area contributed by atoms with Gasteiger partial charge >= 0.3 is 0 Å². The Bertz CT molecular complexity index is 301. The molecule has 4 heteroatoms. The van der Waals surface area contributed by atoms with E-state index in [-0.39, 0.29) is 12.6 Å². The third kappa shape index (κ3) is 3.56. The fraction of sp³-hybridized carbons (Fsp3) is 0.667. The Kier molecular flexibility index (Phi) is 5.98. The van der Waals surface area contributed by atoms with Crippen LogP contribution in [0.5, 0.6) is 0 Å². The van der Waals surface area contributed by atoms with Crippen molar-refractivity contribution in [1.82, 2.24) is 5.32 Å². The molecule has 0 fully saturated rings. The van der Waals surface area contributed by atoms with Crippen LogP contribution < -0.4 is 11.1 Å². The zero-order valence-electron chi connectivity index (χ0n) is 10.1. The Balaban J connectivity index is 2.64. The summed E-state index contributed by atoms with van der Waals surface area (Å²) >= 11 is 1.75. The second-order valence-electron chi connectivity index (χ2n) is 4.04. The number of nitrogens with two attached hydrogens (primary N) is 1. The maximum atomic E-state index is 8.97. The van der Waals surface area contributed by atoms with Crippen LogP contribution in [-0.2, 0) is 0 Å². The van der Waals surface area contributed by atoms with Gasteiger partial charge < -0.3 is 16.2 Å². The van der Waals surface area contributed by atoms with Crippen LogP contribution in [-0.4, -0.2) is 24.3 Å². The Labute approximate surface area is 102 Å². The Hall–Kier alpha value is -0.420. The molecule has 2 unspecified atom stereocenters. The third-order valence-corrected chi connectivity index (χ3v) is 3.99. The number of hydrogen-bond donors (Lipinski definition) is 3. The summed E-state index contributed by atoms with van der Waals surface area (Å²) in [5.74, 6) is 0. The van der Waals surface area contributed by atoms with Crippen molar-refractivity contribution in [2.45, 2.75) is 38.8 Å². The quantitative estimate of drug-likeness (QED) is 0.683. The zero-order valence-corrected chi connectivity index (χ0v) is 10.9. The molecule has 0 saturated heterocycles. The van der Waals surface area contributed by atoms with Crippen LogP contribution in [0.4, 0.5) is 0 Å². The van der Waals surface area contributed by atoms with Crippen molar-refractivity contribution in [2.24, 2.45) is 5.73 Å². The first-order valence-electron chi connectivity index (χ1n) is 5.83. The number of nitrogens with one attached hydrogen (secondary N) is 1. The summed E-state index contributed by atoms with van der Waals surface area (Å²) in [6.07, 6.45) is 1.80. The van der Waals surface area contributed by atoms with Gasteiger partial charge in [0.25, 0.3) is 0 Å². The maximum absolute atomic E-state index is 8.97. The van der Waals surface area contributed by atoms with Gasteiger partial charge in [0.15, 0.2) is 0 Å². The van der Waals surface area contributed by atoms with Crippen LogP contribution in [0.2, 0.25) is 0 Å². The van der Waals surface area contributed by atoms with Crippen LogP contribution in [0.15, 0.2) is 11.4 Å². The Morgan fingerprint density at radius 3 is 2.75 bits per heavy atom. The van der Waals surface area contributed by atoms with Crippen molar-refractivity contribution in [3.8, 4) is 0 Å². The number of hydrogen-bond acceptors (Lipinski definition) is 4. The number of aryl methyl sites for hydroxylation is 1. The zero-order chi connectivity index (χ0) is 12.0. The SMILES string of the molecule is CCC(CCO)NC(CN)c1sccc1C. The summed E-state index contributed by atoms with van der Waals surface area (Å²) in [7, 11) is 0. The lowest BCUT2D eigenvalue weighted by molar-refractivity contribution is 0.256. The topological polar surface area (TPSA) is 58.3 Å². The van der Waals surface area contributed by atoms with Gasteiger partial charge in [-0.1, -0.05) is 6.92 Å². The van der Waals surface area contributed by atoms with E-state index in [4.69, 9.17) is 10.8 Å². The molecule has 1 rings (SSSR count). The molecule has 0 aliphatic rings. The van der Waals surface area contributed by atoms with E-state index in [1.165, 1.54) is 10.4 Å². The average molecular weight is 242 g/mol. The molecule has 0 aliphatic heterocycles. The second kappa shape index (κ2) is 7.01. The number of aliphatic hydroxyl groups excluding tert-OH is 1. The van der Waals surface area contributed by atoms with Crippen molar-refractivity contribution >= 4 is 11.3 Å². The molecular formula is C12H22N2OS. The van der Waals surface area contributed by atoms with E-state index in [0.29, 0.717) is 12.6 Å². The molecule has 0 aliphatic carbocycles. The van der Waals surface area contributed by atoms with Crippen molar-refractivity contribution in [1.29, 1.82) is 0 Å². The standard InChI is InChI=1S/C12H22N2OS/c1-3-10(4-6-15)14-11(8-13)12-9(2)5-7-16-12/h5,7,10-11,14-15H,3-4,6,8,13H2,1-2H3. The van der Waals surface area contributed by atoms with Crippen molar-refractivity contribution in [3.63, 3.8) is 0 Å².